The van der Waals surface area contributed by atoms with E-state index in [1.807, 2.05) is 5.43 Å². The van der Waals surface area contributed by atoms with Crippen LogP contribution in [-0.2, 0) is 9.59 Å². The Morgan fingerprint density at radius 2 is 1.80 bits per heavy atom. The van der Waals surface area contributed by atoms with Crippen molar-refractivity contribution in [3.8, 4) is 0 Å². The highest BCUT2D eigenvalue weighted by Crippen LogP contribution is 2.08. The second-order valence-electron chi connectivity index (χ2n) is 2.80. The number of halogens is 1. The van der Waals surface area contributed by atoms with E-state index >= 15 is 0 Å². The number of hydrazine groups is 1. The predicted molar refractivity (Wildman–Crippen MR) is 52.0 cm³/mol. The van der Waals surface area contributed by atoms with Crippen LogP contribution in [0.15, 0.2) is 24.3 Å². The topological polar surface area (TPSA) is 84.2 Å². The summed E-state index contributed by atoms with van der Waals surface area (Å²) in [4.78, 5) is 21.9. The molecule has 0 spiro atoms. The van der Waals surface area contributed by atoms with Gasteiger partial charge in [-0.25, -0.2) is 10.2 Å². The van der Waals surface area contributed by atoms with Crippen molar-refractivity contribution in [2.75, 3.05) is 5.32 Å². The first kappa shape index (κ1) is 11.1. The van der Waals surface area contributed by atoms with Crippen LogP contribution in [0, 0.1) is 5.82 Å². The second kappa shape index (κ2) is 5.06. The molecule has 0 atom stereocenters. The van der Waals surface area contributed by atoms with Crippen LogP contribution in [0.2, 0.25) is 0 Å². The fourth-order valence-electron chi connectivity index (χ4n) is 0.935. The molecule has 0 saturated heterocycles. The molecule has 80 valence electrons. The molecule has 2 amide bonds. The molecule has 0 aromatic heterocycles. The van der Waals surface area contributed by atoms with Crippen molar-refractivity contribution in [3.63, 3.8) is 0 Å². The molecule has 0 heterocycles. The summed E-state index contributed by atoms with van der Waals surface area (Å²) in [7, 11) is 0. The highest BCUT2D eigenvalue weighted by molar-refractivity contribution is 6.03. The summed E-state index contributed by atoms with van der Waals surface area (Å²) in [5.41, 5.74) is 2.25. The minimum atomic E-state index is -0.588. The van der Waals surface area contributed by atoms with Gasteiger partial charge < -0.3 is 5.32 Å². The Balaban J connectivity index is 2.51. The smallest absolute Gasteiger partial charge is 0.243 e. The van der Waals surface area contributed by atoms with E-state index in [1.54, 1.807) is 0 Å². The van der Waals surface area contributed by atoms with Gasteiger partial charge in [-0.1, -0.05) is 0 Å². The molecule has 0 aliphatic carbocycles. The van der Waals surface area contributed by atoms with Crippen molar-refractivity contribution in [2.45, 2.75) is 6.42 Å². The lowest BCUT2D eigenvalue weighted by molar-refractivity contribution is -0.126. The van der Waals surface area contributed by atoms with Gasteiger partial charge in [0.15, 0.2) is 0 Å². The van der Waals surface area contributed by atoms with Gasteiger partial charge in [-0.3, -0.25) is 15.0 Å². The molecule has 0 aliphatic rings. The van der Waals surface area contributed by atoms with E-state index < -0.39 is 17.6 Å². The van der Waals surface area contributed by atoms with Gasteiger partial charge in [0.2, 0.25) is 11.8 Å². The number of rotatable bonds is 3. The summed E-state index contributed by atoms with van der Waals surface area (Å²) in [6.45, 7) is 0. The summed E-state index contributed by atoms with van der Waals surface area (Å²) in [5.74, 6) is 3.31. The Labute approximate surface area is 85.4 Å². The number of hydrogen-bond donors (Lipinski definition) is 3. The van der Waals surface area contributed by atoms with Crippen LogP contribution in [0.4, 0.5) is 10.1 Å². The largest absolute Gasteiger partial charge is 0.326 e. The number of carbonyl (C=O) groups is 2. The van der Waals surface area contributed by atoms with Crippen LogP contribution >= 0.6 is 0 Å². The molecule has 15 heavy (non-hydrogen) atoms. The zero-order chi connectivity index (χ0) is 11.3. The Morgan fingerprint density at radius 3 is 2.33 bits per heavy atom. The fraction of sp³-hybridized carbons (Fsp3) is 0.111. The lowest BCUT2D eigenvalue weighted by Gasteiger charge is -2.03. The Kier molecular flexibility index (Phi) is 3.75. The summed E-state index contributed by atoms with van der Waals surface area (Å²) >= 11 is 0. The maximum absolute atomic E-state index is 12.5. The van der Waals surface area contributed by atoms with E-state index in [0.717, 1.165) is 0 Å². The van der Waals surface area contributed by atoms with Crippen LogP contribution in [0.3, 0.4) is 0 Å². The molecule has 0 aliphatic heterocycles. The van der Waals surface area contributed by atoms with Gasteiger partial charge in [0.05, 0.1) is 0 Å². The molecular weight excluding hydrogens is 201 g/mol. The third kappa shape index (κ3) is 3.74. The fourth-order valence-corrected chi connectivity index (χ4v) is 0.935. The zero-order valence-electron chi connectivity index (χ0n) is 7.79. The van der Waals surface area contributed by atoms with Crippen molar-refractivity contribution >= 4 is 17.5 Å². The first-order chi connectivity index (χ1) is 7.11. The molecule has 1 aromatic rings. The predicted octanol–water partition coefficient (Wildman–Crippen LogP) is 0.144. The van der Waals surface area contributed by atoms with E-state index in [2.05, 4.69) is 5.32 Å². The maximum Gasteiger partial charge on any atom is 0.243 e. The average molecular weight is 211 g/mol. The van der Waals surface area contributed by atoms with E-state index in [1.165, 1.54) is 24.3 Å². The van der Waals surface area contributed by atoms with Gasteiger partial charge in [-0.05, 0) is 24.3 Å². The first-order valence-electron chi connectivity index (χ1n) is 4.16. The van der Waals surface area contributed by atoms with Crippen LogP contribution in [0.25, 0.3) is 0 Å². The number of nitrogens with two attached hydrogens (primary N) is 1. The SMILES string of the molecule is NNC(=O)CC(=O)Nc1ccc(F)cc1. The monoisotopic (exact) mass is 211 g/mol. The number of amides is 2. The quantitative estimate of drug-likeness (QED) is 0.288. The summed E-state index contributed by atoms with van der Waals surface area (Å²) < 4.78 is 12.5. The van der Waals surface area contributed by atoms with E-state index in [9.17, 15) is 14.0 Å². The highest BCUT2D eigenvalue weighted by Gasteiger charge is 2.07. The Hall–Kier alpha value is -1.95. The van der Waals surface area contributed by atoms with Gasteiger partial charge in [-0.15, -0.1) is 0 Å². The number of benzene rings is 1. The zero-order valence-corrected chi connectivity index (χ0v) is 7.79. The molecule has 1 rings (SSSR count). The third-order valence-electron chi connectivity index (χ3n) is 1.61. The molecule has 5 nitrogen and oxygen atoms in total. The first-order valence-corrected chi connectivity index (χ1v) is 4.16. The highest BCUT2D eigenvalue weighted by atomic mass is 19.1. The lowest BCUT2D eigenvalue weighted by Crippen LogP contribution is -2.33. The Morgan fingerprint density at radius 1 is 1.20 bits per heavy atom. The molecular formula is C9H10FN3O2. The van der Waals surface area contributed by atoms with Crippen molar-refractivity contribution in [2.24, 2.45) is 5.84 Å². The van der Waals surface area contributed by atoms with E-state index in [0.29, 0.717) is 5.69 Å². The molecule has 4 N–H and O–H groups in total. The summed E-state index contributed by atoms with van der Waals surface area (Å²) in [6.07, 6.45) is -0.367. The molecule has 0 unspecified atom stereocenters. The minimum Gasteiger partial charge on any atom is -0.326 e. The normalized spacial score (nSPS) is 9.47. The van der Waals surface area contributed by atoms with Crippen LogP contribution < -0.4 is 16.6 Å². The van der Waals surface area contributed by atoms with E-state index in [-0.39, 0.29) is 6.42 Å². The number of anilines is 1. The molecule has 0 saturated carbocycles. The second-order valence-corrected chi connectivity index (χ2v) is 2.80. The molecule has 6 heteroatoms. The van der Waals surface area contributed by atoms with E-state index in [4.69, 9.17) is 5.84 Å². The molecule has 0 bridgehead atoms. The van der Waals surface area contributed by atoms with Crippen LogP contribution in [-0.4, -0.2) is 11.8 Å². The van der Waals surface area contributed by atoms with Gasteiger partial charge in [0, 0.05) is 5.69 Å². The number of nitrogens with one attached hydrogen (secondary N) is 2. The van der Waals surface area contributed by atoms with Crippen molar-refractivity contribution < 1.29 is 14.0 Å². The minimum absolute atomic E-state index is 0.367. The standard InChI is InChI=1S/C9H10FN3O2/c10-6-1-3-7(4-2-6)12-8(14)5-9(15)13-11/h1-4H,5,11H2,(H,12,14)(H,13,15). The van der Waals surface area contributed by atoms with Crippen LogP contribution in [0.1, 0.15) is 6.42 Å². The van der Waals surface area contributed by atoms with Gasteiger partial charge >= 0.3 is 0 Å². The van der Waals surface area contributed by atoms with Crippen LogP contribution in [0.5, 0.6) is 0 Å². The van der Waals surface area contributed by atoms with Gasteiger partial charge in [0.1, 0.15) is 12.2 Å². The van der Waals surface area contributed by atoms with Crippen molar-refractivity contribution in [3.05, 3.63) is 30.1 Å². The lowest BCUT2D eigenvalue weighted by atomic mass is 10.3. The third-order valence-corrected chi connectivity index (χ3v) is 1.61. The molecule has 0 fully saturated rings. The van der Waals surface area contributed by atoms with Crippen molar-refractivity contribution in [1.29, 1.82) is 0 Å². The summed E-state index contributed by atoms with van der Waals surface area (Å²) in [5, 5.41) is 2.41. The molecule has 0 radical (unpaired) electrons. The van der Waals surface area contributed by atoms with Crippen molar-refractivity contribution in [1.82, 2.24) is 5.43 Å². The Bertz CT molecular complexity index is 364. The maximum atomic E-state index is 12.5. The number of carbonyl (C=O) groups excluding carboxylic acids is 2. The molecule has 1 aromatic carbocycles. The summed E-state index contributed by atoms with van der Waals surface area (Å²) in [6, 6.07) is 5.21. The number of hydrogen-bond acceptors (Lipinski definition) is 3. The van der Waals surface area contributed by atoms with Gasteiger partial charge in [0.25, 0.3) is 0 Å². The average Bonchev–Trinajstić information content (AvgIpc) is 2.21. The van der Waals surface area contributed by atoms with Gasteiger partial charge in [-0.2, -0.15) is 0 Å².